The largest absolute Gasteiger partial charge is 1.00 e. The molecule has 5 nitrogen and oxygen atoms in total. The lowest BCUT2D eigenvalue weighted by molar-refractivity contribution is -0.670. The average molecular weight is 750 g/mol. The number of benzene rings is 4. The van der Waals surface area contributed by atoms with Crippen LogP contribution in [0.2, 0.25) is 0 Å². The van der Waals surface area contributed by atoms with Crippen LogP contribution in [0.5, 0.6) is 11.5 Å². The van der Waals surface area contributed by atoms with Crippen LogP contribution in [0.4, 0.5) is 0 Å². The molecule has 0 saturated heterocycles. The Morgan fingerprint density at radius 1 is 0.729 bits per heavy atom. The summed E-state index contributed by atoms with van der Waals surface area (Å²) >= 11 is 0. The number of hydrogen-bond donors (Lipinski definition) is 0. The summed E-state index contributed by atoms with van der Waals surface area (Å²) in [5, 5.41) is 2.26. The molecule has 0 N–H and O–H groups in total. The predicted molar refractivity (Wildman–Crippen MR) is 193 cm³/mol. The van der Waals surface area contributed by atoms with E-state index in [0.29, 0.717) is 29.3 Å². The Morgan fingerprint density at radius 2 is 1.46 bits per heavy atom. The van der Waals surface area contributed by atoms with Crippen LogP contribution in [0, 0.1) is 0 Å². The van der Waals surface area contributed by atoms with Gasteiger partial charge in [0.15, 0.2) is 0 Å². The lowest BCUT2D eigenvalue weighted by Gasteiger charge is -2.23. The van der Waals surface area contributed by atoms with E-state index in [1.54, 1.807) is 23.3 Å². The first-order chi connectivity index (χ1) is 23.9. The first kappa shape index (κ1) is 29.7. The maximum atomic E-state index is 7.71. The van der Waals surface area contributed by atoms with Crippen molar-refractivity contribution in [3.8, 4) is 34.1 Å². The van der Waals surface area contributed by atoms with Gasteiger partial charge in [-0.25, -0.2) is 14.1 Å². The number of pyridine rings is 1. The van der Waals surface area contributed by atoms with E-state index in [2.05, 4.69) is 107 Å². The first-order valence-electron chi connectivity index (χ1n) is 17.9. The number of hydrogen-bond acceptors (Lipinski definition) is 2. The van der Waals surface area contributed by atoms with Crippen LogP contribution in [0.3, 0.4) is 0 Å². The molecule has 48 heavy (non-hydrogen) atoms. The minimum absolute atomic E-state index is 0. The van der Waals surface area contributed by atoms with Gasteiger partial charge in [0.2, 0.25) is 6.33 Å². The Hall–Kier alpha value is -4.43. The van der Waals surface area contributed by atoms with Gasteiger partial charge in [0.05, 0.1) is 22.1 Å². The summed E-state index contributed by atoms with van der Waals surface area (Å²) in [6.07, 6.45) is 6.76. The SMILES string of the molecule is [2H]C([2H])([2H])[n+]1ccn(-c2cccc(Oc3ccc4c5ccccc5n(-c5cc(-c6c(C(C)C)cc(C(C)C)cc6C(C)C)ccn5)c4c3)c2)c1.[I-]. The van der Waals surface area contributed by atoms with Crippen molar-refractivity contribution in [3.05, 3.63) is 133 Å². The zero-order chi connectivity index (χ0) is 35.3. The third-order valence-corrected chi connectivity index (χ3v) is 9.03. The highest BCUT2D eigenvalue weighted by Crippen LogP contribution is 2.40. The van der Waals surface area contributed by atoms with Gasteiger partial charge in [0.25, 0.3) is 0 Å². The van der Waals surface area contributed by atoms with Crippen LogP contribution in [0.25, 0.3) is 44.4 Å². The lowest BCUT2D eigenvalue weighted by Crippen LogP contribution is -3.00. The van der Waals surface area contributed by atoms with E-state index >= 15 is 0 Å². The van der Waals surface area contributed by atoms with Crippen LogP contribution in [-0.4, -0.2) is 14.1 Å². The minimum atomic E-state index is -2.24. The third-order valence-electron chi connectivity index (χ3n) is 9.03. The van der Waals surface area contributed by atoms with Gasteiger partial charge >= 0.3 is 0 Å². The molecule has 3 heterocycles. The number of aryl methyl sites for hydroxylation is 1. The van der Waals surface area contributed by atoms with Gasteiger partial charge < -0.3 is 28.7 Å². The molecule has 4 aromatic carbocycles. The topological polar surface area (TPSA) is 35.9 Å². The van der Waals surface area contributed by atoms with Gasteiger partial charge in [0.1, 0.15) is 35.4 Å². The summed E-state index contributed by atoms with van der Waals surface area (Å²) in [6.45, 7) is 11.4. The highest BCUT2D eigenvalue weighted by molar-refractivity contribution is 6.09. The van der Waals surface area contributed by atoms with Crippen LogP contribution in [0.1, 0.15) is 80.1 Å². The number of para-hydroxylation sites is 1. The van der Waals surface area contributed by atoms with Crippen LogP contribution < -0.4 is 33.3 Å². The van der Waals surface area contributed by atoms with Gasteiger partial charge in [-0.1, -0.05) is 77.9 Å². The highest BCUT2D eigenvalue weighted by Gasteiger charge is 2.21. The first-order valence-corrected chi connectivity index (χ1v) is 16.4. The smallest absolute Gasteiger partial charge is 0.248 e. The fourth-order valence-electron chi connectivity index (χ4n) is 6.60. The van der Waals surface area contributed by atoms with Gasteiger partial charge in [0, 0.05) is 29.1 Å². The Labute approximate surface area is 305 Å². The van der Waals surface area contributed by atoms with Crippen molar-refractivity contribution in [2.45, 2.75) is 59.3 Å². The standard InChI is InChI=1S/C42H43N4O.HI/c1-27(2)31-21-37(28(3)4)42(38(22-31)29(5)6)30-17-18-43-41(23-30)46-39-14-9-8-13-35(39)36-16-15-34(25-40(36)46)47-33-12-10-11-32(24-33)45-20-19-44(7)26-45;/h8-29H,1-7H3;1H/q+1;/p-1/i7D3;. The summed E-state index contributed by atoms with van der Waals surface area (Å²) in [7, 11) is 0. The van der Waals surface area contributed by atoms with Crippen molar-refractivity contribution >= 4 is 21.8 Å². The summed E-state index contributed by atoms with van der Waals surface area (Å²) in [5.41, 5.74) is 9.45. The molecule has 0 aliphatic heterocycles. The second-order valence-corrected chi connectivity index (χ2v) is 13.3. The predicted octanol–water partition coefficient (Wildman–Crippen LogP) is 7.63. The Morgan fingerprint density at radius 3 is 2.17 bits per heavy atom. The molecular weight excluding hydrogens is 703 g/mol. The number of ether oxygens (including phenoxy) is 1. The van der Waals surface area contributed by atoms with E-state index in [1.165, 1.54) is 26.8 Å². The fourth-order valence-corrected chi connectivity index (χ4v) is 6.60. The summed E-state index contributed by atoms with van der Waals surface area (Å²) in [4.78, 5) is 4.96. The van der Waals surface area contributed by atoms with Crippen molar-refractivity contribution in [1.29, 1.82) is 0 Å². The summed E-state index contributed by atoms with van der Waals surface area (Å²) in [6, 6.07) is 31.4. The van der Waals surface area contributed by atoms with E-state index < -0.39 is 6.98 Å². The van der Waals surface area contributed by atoms with Gasteiger partial charge in [-0.15, -0.1) is 0 Å². The minimum Gasteiger partial charge on any atom is -1.00 e. The highest BCUT2D eigenvalue weighted by atomic mass is 127. The third kappa shape index (κ3) is 6.26. The van der Waals surface area contributed by atoms with Crippen molar-refractivity contribution in [2.24, 2.45) is 6.98 Å². The van der Waals surface area contributed by atoms with Crippen LogP contribution >= 0.6 is 0 Å². The molecule has 7 rings (SSSR count). The Bertz CT molecular complexity index is 2320. The van der Waals surface area contributed by atoms with Crippen molar-refractivity contribution < 1.29 is 37.4 Å². The Kier molecular flexibility index (Phi) is 8.41. The molecule has 0 aliphatic carbocycles. The summed E-state index contributed by atoms with van der Waals surface area (Å²) < 4.78 is 34.8. The van der Waals surface area contributed by atoms with Crippen molar-refractivity contribution in [1.82, 2.24) is 14.1 Å². The maximum absolute atomic E-state index is 7.71. The number of imidazole rings is 1. The van der Waals surface area contributed by atoms with Crippen LogP contribution in [-0.2, 0) is 6.98 Å². The molecule has 6 heteroatoms. The molecule has 7 aromatic rings. The fraction of sp³-hybridized carbons (Fsp3) is 0.238. The molecule has 0 bridgehead atoms. The lowest BCUT2D eigenvalue weighted by atomic mass is 9.82. The monoisotopic (exact) mass is 749 g/mol. The molecule has 244 valence electrons. The van der Waals surface area contributed by atoms with E-state index in [9.17, 15) is 0 Å². The second kappa shape index (κ2) is 13.6. The van der Waals surface area contributed by atoms with E-state index in [0.717, 1.165) is 38.9 Å². The van der Waals surface area contributed by atoms with Gasteiger partial charge in [-0.3, -0.25) is 4.57 Å². The van der Waals surface area contributed by atoms with Crippen LogP contribution in [0.15, 0.2) is 116 Å². The van der Waals surface area contributed by atoms with E-state index in [-0.39, 0.29) is 24.0 Å². The number of halogens is 1. The number of nitrogens with zero attached hydrogens (tertiary/aromatic N) is 4. The molecule has 0 atom stereocenters. The zero-order valence-corrected chi connectivity index (χ0v) is 30.4. The van der Waals surface area contributed by atoms with E-state index in [1.807, 2.05) is 36.5 Å². The zero-order valence-electron chi connectivity index (χ0n) is 31.3. The number of rotatable bonds is 8. The molecule has 0 radical (unpaired) electrons. The molecular formula is C42H43IN4O. The Balaban J connectivity index is 0.00000448. The molecule has 0 aliphatic rings. The van der Waals surface area contributed by atoms with Gasteiger partial charge in [-0.2, -0.15) is 0 Å². The molecule has 0 fully saturated rings. The number of fused-ring (bicyclic) bond motifs is 3. The average Bonchev–Trinajstić information content (AvgIpc) is 3.72. The molecule has 0 spiro atoms. The van der Waals surface area contributed by atoms with E-state index in [4.69, 9.17) is 13.8 Å². The quantitative estimate of drug-likeness (QED) is 0.118. The van der Waals surface area contributed by atoms with Gasteiger partial charge in [-0.05, 0) is 88.0 Å². The molecule has 0 unspecified atom stereocenters. The maximum Gasteiger partial charge on any atom is 0.248 e. The van der Waals surface area contributed by atoms with Crippen molar-refractivity contribution in [2.75, 3.05) is 0 Å². The molecule has 0 saturated carbocycles. The van der Waals surface area contributed by atoms with Crippen molar-refractivity contribution in [3.63, 3.8) is 0 Å². The normalized spacial score (nSPS) is 12.8. The number of aromatic nitrogens is 4. The molecule has 3 aromatic heterocycles. The summed E-state index contributed by atoms with van der Waals surface area (Å²) in [5.74, 6) is 3.36. The molecule has 0 amide bonds. The second-order valence-electron chi connectivity index (χ2n) is 13.3.